The molecule has 1 aliphatic heterocycles. The van der Waals surface area contributed by atoms with Crippen LogP contribution in [0.25, 0.3) is 0 Å². The van der Waals surface area contributed by atoms with Gasteiger partial charge in [0.15, 0.2) is 0 Å². The monoisotopic (exact) mass is 394 g/mol. The molecule has 2 aromatic rings. The Morgan fingerprint density at radius 2 is 1.88 bits per heavy atom. The molecule has 1 aliphatic rings. The van der Waals surface area contributed by atoms with Crippen LogP contribution in [0.3, 0.4) is 0 Å². The molecular weight excluding hydrogens is 371 g/mol. The van der Waals surface area contributed by atoms with Crippen LogP contribution in [0.4, 0.5) is 0 Å². The fourth-order valence-corrected chi connectivity index (χ4v) is 3.20. The molecule has 2 N–H and O–H groups in total. The van der Waals surface area contributed by atoms with Crippen LogP contribution in [-0.2, 0) is 17.9 Å². The lowest BCUT2D eigenvalue weighted by Gasteiger charge is -2.14. The molecular formula is C20H24Cl2N2O2. The summed E-state index contributed by atoms with van der Waals surface area (Å²) in [6.45, 7) is 1.94. The minimum Gasteiger partial charge on any atom is -0.487 e. The topological polar surface area (TPSA) is 50.4 Å². The molecule has 1 fully saturated rings. The SMILES string of the molecule is Cl.O=C(CC1CCCN1)NCc1ccccc1COc1ccccc1Cl. The highest BCUT2D eigenvalue weighted by Gasteiger charge is 2.17. The average Bonchev–Trinajstić information content (AvgIpc) is 3.13. The summed E-state index contributed by atoms with van der Waals surface area (Å²) in [5, 5.41) is 6.96. The summed E-state index contributed by atoms with van der Waals surface area (Å²) in [7, 11) is 0. The molecule has 0 aliphatic carbocycles. The lowest BCUT2D eigenvalue weighted by atomic mass is 10.1. The number of carbonyl (C=O) groups is 1. The molecule has 0 spiro atoms. The van der Waals surface area contributed by atoms with Gasteiger partial charge in [0.1, 0.15) is 12.4 Å². The zero-order valence-electron chi connectivity index (χ0n) is 14.5. The van der Waals surface area contributed by atoms with E-state index < -0.39 is 0 Å². The van der Waals surface area contributed by atoms with E-state index in [2.05, 4.69) is 10.6 Å². The molecule has 3 rings (SSSR count). The number of ether oxygens (including phenoxy) is 1. The second-order valence-corrected chi connectivity index (χ2v) is 6.67. The van der Waals surface area contributed by atoms with E-state index in [0.717, 1.165) is 30.5 Å². The first kappa shape index (κ1) is 20.6. The maximum Gasteiger partial charge on any atom is 0.221 e. The molecule has 0 bridgehead atoms. The van der Waals surface area contributed by atoms with Gasteiger partial charge in [-0.1, -0.05) is 48.0 Å². The van der Waals surface area contributed by atoms with Crippen LogP contribution in [0.1, 0.15) is 30.4 Å². The number of amides is 1. The van der Waals surface area contributed by atoms with E-state index in [1.54, 1.807) is 6.07 Å². The van der Waals surface area contributed by atoms with Crippen molar-refractivity contribution in [3.8, 4) is 5.75 Å². The van der Waals surface area contributed by atoms with Crippen molar-refractivity contribution in [2.24, 2.45) is 0 Å². The number of hydrogen-bond acceptors (Lipinski definition) is 3. The number of rotatable bonds is 7. The van der Waals surface area contributed by atoms with Gasteiger partial charge in [0.25, 0.3) is 0 Å². The average molecular weight is 395 g/mol. The Balaban J connectivity index is 0.00000243. The molecule has 1 heterocycles. The van der Waals surface area contributed by atoms with Crippen LogP contribution in [-0.4, -0.2) is 18.5 Å². The number of halogens is 2. The van der Waals surface area contributed by atoms with E-state index in [1.165, 1.54) is 0 Å². The highest BCUT2D eigenvalue weighted by molar-refractivity contribution is 6.32. The Bertz CT molecular complexity index is 718. The van der Waals surface area contributed by atoms with E-state index in [1.807, 2.05) is 42.5 Å². The third-order valence-electron chi connectivity index (χ3n) is 4.41. The Labute approximate surface area is 165 Å². The Kier molecular flexibility index (Phi) is 8.23. The van der Waals surface area contributed by atoms with E-state index in [9.17, 15) is 4.79 Å². The lowest BCUT2D eigenvalue weighted by molar-refractivity contribution is -0.121. The molecule has 26 heavy (non-hydrogen) atoms. The zero-order valence-corrected chi connectivity index (χ0v) is 16.1. The van der Waals surface area contributed by atoms with Gasteiger partial charge >= 0.3 is 0 Å². The number of carbonyl (C=O) groups excluding carboxylic acids is 1. The lowest BCUT2D eigenvalue weighted by Crippen LogP contribution is -2.31. The van der Waals surface area contributed by atoms with Gasteiger partial charge in [-0.25, -0.2) is 0 Å². The number of hydrogen-bond donors (Lipinski definition) is 2. The fourth-order valence-electron chi connectivity index (χ4n) is 3.01. The van der Waals surface area contributed by atoms with Crippen molar-refractivity contribution in [2.45, 2.75) is 38.5 Å². The quantitative estimate of drug-likeness (QED) is 0.742. The summed E-state index contributed by atoms with van der Waals surface area (Å²) < 4.78 is 5.82. The van der Waals surface area contributed by atoms with Gasteiger partial charge in [-0.15, -0.1) is 12.4 Å². The van der Waals surface area contributed by atoms with Crippen molar-refractivity contribution in [3.63, 3.8) is 0 Å². The molecule has 0 aromatic heterocycles. The molecule has 1 saturated heterocycles. The van der Waals surface area contributed by atoms with Crippen molar-refractivity contribution in [1.82, 2.24) is 10.6 Å². The van der Waals surface area contributed by atoms with Crippen LogP contribution in [0.5, 0.6) is 5.75 Å². The molecule has 0 radical (unpaired) electrons. The van der Waals surface area contributed by atoms with Crippen LogP contribution in [0.2, 0.25) is 5.02 Å². The van der Waals surface area contributed by atoms with Crippen molar-refractivity contribution >= 4 is 29.9 Å². The summed E-state index contributed by atoms with van der Waals surface area (Å²) in [5.74, 6) is 0.747. The molecule has 4 nitrogen and oxygen atoms in total. The summed E-state index contributed by atoms with van der Waals surface area (Å²) in [5.41, 5.74) is 2.10. The highest BCUT2D eigenvalue weighted by Crippen LogP contribution is 2.24. The first-order valence-electron chi connectivity index (χ1n) is 8.66. The van der Waals surface area contributed by atoms with E-state index >= 15 is 0 Å². The minimum absolute atomic E-state index is 0. The van der Waals surface area contributed by atoms with Crippen LogP contribution in [0.15, 0.2) is 48.5 Å². The summed E-state index contributed by atoms with van der Waals surface area (Å²) in [4.78, 5) is 12.1. The number of nitrogens with one attached hydrogen (secondary N) is 2. The van der Waals surface area contributed by atoms with Crippen LogP contribution >= 0.6 is 24.0 Å². The van der Waals surface area contributed by atoms with Crippen molar-refractivity contribution in [2.75, 3.05) is 6.54 Å². The second-order valence-electron chi connectivity index (χ2n) is 6.26. The first-order valence-corrected chi connectivity index (χ1v) is 9.04. The zero-order chi connectivity index (χ0) is 17.5. The van der Waals surface area contributed by atoms with Gasteiger partial charge in [0.05, 0.1) is 5.02 Å². The molecule has 2 aromatic carbocycles. The van der Waals surface area contributed by atoms with Crippen molar-refractivity contribution in [3.05, 3.63) is 64.7 Å². The van der Waals surface area contributed by atoms with E-state index in [0.29, 0.717) is 36.4 Å². The van der Waals surface area contributed by atoms with Gasteiger partial charge in [-0.2, -0.15) is 0 Å². The van der Waals surface area contributed by atoms with Gasteiger partial charge < -0.3 is 15.4 Å². The van der Waals surface area contributed by atoms with Gasteiger partial charge in [0, 0.05) is 19.0 Å². The fraction of sp³-hybridized carbons (Fsp3) is 0.350. The standard InChI is InChI=1S/C20H23ClN2O2.ClH/c21-18-9-3-4-10-19(18)25-14-16-7-2-1-6-15(16)13-23-20(24)12-17-8-5-11-22-17;/h1-4,6-7,9-10,17,22H,5,8,11-14H2,(H,23,24);1H. The highest BCUT2D eigenvalue weighted by atomic mass is 35.5. The summed E-state index contributed by atoms with van der Waals surface area (Å²) >= 11 is 6.13. The maximum absolute atomic E-state index is 12.1. The molecule has 0 saturated carbocycles. The van der Waals surface area contributed by atoms with Gasteiger partial charge in [0.2, 0.25) is 5.91 Å². The summed E-state index contributed by atoms with van der Waals surface area (Å²) in [6, 6.07) is 15.7. The second kappa shape index (κ2) is 10.4. The molecule has 1 atom stereocenters. The normalized spacial score (nSPS) is 16.0. The maximum atomic E-state index is 12.1. The van der Waals surface area contributed by atoms with E-state index in [4.69, 9.17) is 16.3 Å². The van der Waals surface area contributed by atoms with Gasteiger partial charge in [-0.3, -0.25) is 4.79 Å². The third-order valence-corrected chi connectivity index (χ3v) is 4.72. The molecule has 1 unspecified atom stereocenters. The first-order chi connectivity index (χ1) is 12.2. The predicted molar refractivity (Wildman–Crippen MR) is 107 cm³/mol. The van der Waals surface area contributed by atoms with Crippen LogP contribution in [0, 0.1) is 0 Å². The third kappa shape index (κ3) is 5.90. The molecule has 140 valence electrons. The van der Waals surface area contributed by atoms with Gasteiger partial charge in [-0.05, 0) is 42.6 Å². The molecule has 1 amide bonds. The number of para-hydroxylation sites is 1. The Morgan fingerprint density at radius 3 is 2.62 bits per heavy atom. The van der Waals surface area contributed by atoms with E-state index in [-0.39, 0.29) is 18.3 Å². The molecule has 6 heteroatoms. The Hall–Kier alpha value is -1.75. The van der Waals surface area contributed by atoms with Crippen LogP contribution < -0.4 is 15.4 Å². The smallest absolute Gasteiger partial charge is 0.221 e. The number of benzene rings is 2. The van der Waals surface area contributed by atoms with Crippen molar-refractivity contribution in [1.29, 1.82) is 0 Å². The minimum atomic E-state index is 0. The largest absolute Gasteiger partial charge is 0.487 e. The van der Waals surface area contributed by atoms with Crippen molar-refractivity contribution < 1.29 is 9.53 Å². The summed E-state index contributed by atoms with van der Waals surface area (Å²) in [6.07, 6.45) is 2.77. The Morgan fingerprint density at radius 1 is 1.15 bits per heavy atom. The predicted octanol–water partition coefficient (Wildman–Crippen LogP) is 4.10.